The van der Waals surface area contributed by atoms with Crippen LogP contribution in [0.25, 0.3) is 0 Å². The fourth-order valence-corrected chi connectivity index (χ4v) is 2.87. The third-order valence-corrected chi connectivity index (χ3v) is 4.70. The highest BCUT2D eigenvalue weighted by atomic mass is 16.5. The number of carbonyl (C=O) groups excluding carboxylic acids is 2. The predicted molar refractivity (Wildman–Crippen MR) is 106 cm³/mol. The topological polar surface area (TPSA) is 65.1 Å². The largest absolute Gasteiger partial charge is 0.493 e. The molecule has 6 nitrogen and oxygen atoms in total. The van der Waals surface area contributed by atoms with E-state index in [9.17, 15) is 9.59 Å². The van der Waals surface area contributed by atoms with Gasteiger partial charge in [-0.05, 0) is 30.5 Å². The van der Waals surface area contributed by atoms with Gasteiger partial charge < -0.3 is 19.1 Å². The summed E-state index contributed by atoms with van der Waals surface area (Å²) in [5.74, 6) is 0.535. The Morgan fingerprint density at radius 1 is 1.00 bits per heavy atom. The lowest BCUT2D eigenvalue weighted by atomic mass is 10.1. The smallest absolute Gasteiger partial charge is 0.306 e. The SMILES string of the molecule is COc1cccc(CCC(=O)OCC(=O)N(C)C(C)c2ccccc2)c1OC. The van der Waals surface area contributed by atoms with Crippen molar-refractivity contribution in [1.29, 1.82) is 0 Å². The van der Waals surface area contributed by atoms with Gasteiger partial charge in [0.1, 0.15) is 0 Å². The Morgan fingerprint density at radius 3 is 2.36 bits per heavy atom. The molecule has 2 aromatic carbocycles. The Balaban J connectivity index is 1.85. The number of likely N-dealkylation sites (N-methyl/N-ethyl adjacent to an activating group) is 1. The molecule has 6 heteroatoms. The maximum Gasteiger partial charge on any atom is 0.306 e. The molecular weight excluding hydrogens is 358 g/mol. The molecule has 0 bridgehead atoms. The molecule has 0 aromatic heterocycles. The van der Waals surface area contributed by atoms with Gasteiger partial charge in [-0.15, -0.1) is 0 Å². The van der Waals surface area contributed by atoms with Crippen molar-refractivity contribution in [3.05, 3.63) is 59.7 Å². The molecule has 1 amide bonds. The van der Waals surface area contributed by atoms with E-state index in [-0.39, 0.29) is 25.0 Å². The van der Waals surface area contributed by atoms with Crippen molar-refractivity contribution >= 4 is 11.9 Å². The van der Waals surface area contributed by atoms with Crippen molar-refractivity contribution in [2.45, 2.75) is 25.8 Å². The number of hydrogen-bond acceptors (Lipinski definition) is 5. The number of esters is 1. The van der Waals surface area contributed by atoms with E-state index in [0.29, 0.717) is 17.9 Å². The summed E-state index contributed by atoms with van der Waals surface area (Å²) < 4.78 is 15.8. The maximum absolute atomic E-state index is 12.3. The number of ether oxygens (including phenoxy) is 3. The number of rotatable bonds is 9. The zero-order chi connectivity index (χ0) is 20.5. The summed E-state index contributed by atoms with van der Waals surface area (Å²) in [6.45, 7) is 1.66. The molecule has 1 unspecified atom stereocenters. The third-order valence-electron chi connectivity index (χ3n) is 4.70. The van der Waals surface area contributed by atoms with Crippen LogP contribution in [0.2, 0.25) is 0 Å². The molecule has 0 aliphatic carbocycles. The van der Waals surface area contributed by atoms with Crippen molar-refractivity contribution in [2.24, 2.45) is 0 Å². The molecule has 2 rings (SSSR count). The molecule has 0 spiro atoms. The minimum absolute atomic E-state index is 0.103. The van der Waals surface area contributed by atoms with Crippen molar-refractivity contribution in [3.8, 4) is 11.5 Å². The number of nitrogens with zero attached hydrogens (tertiary/aromatic N) is 1. The second kappa shape index (κ2) is 10.3. The van der Waals surface area contributed by atoms with Crippen molar-refractivity contribution in [2.75, 3.05) is 27.9 Å². The van der Waals surface area contributed by atoms with E-state index in [4.69, 9.17) is 14.2 Å². The third kappa shape index (κ3) is 5.49. The number of methoxy groups -OCH3 is 2. The molecule has 0 aliphatic heterocycles. The van der Waals surface area contributed by atoms with Gasteiger partial charge in [-0.25, -0.2) is 0 Å². The lowest BCUT2D eigenvalue weighted by Gasteiger charge is -2.25. The van der Waals surface area contributed by atoms with Crippen molar-refractivity contribution in [1.82, 2.24) is 4.90 Å². The van der Waals surface area contributed by atoms with E-state index >= 15 is 0 Å². The van der Waals surface area contributed by atoms with Gasteiger partial charge in [-0.3, -0.25) is 9.59 Å². The van der Waals surface area contributed by atoms with Crippen molar-refractivity contribution in [3.63, 3.8) is 0 Å². The number of aryl methyl sites for hydroxylation is 1. The average molecular weight is 385 g/mol. The lowest BCUT2D eigenvalue weighted by molar-refractivity contribution is -0.152. The minimum atomic E-state index is -0.431. The predicted octanol–water partition coefficient (Wildman–Crippen LogP) is 3.40. The molecule has 1 atom stereocenters. The molecule has 0 radical (unpaired) electrons. The Labute approximate surface area is 166 Å². The van der Waals surface area contributed by atoms with Crippen LogP contribution >= 0.6 is 0 Å². The van der Waals surface area contributed by atoms with E-state index in [0.717, 1.165) is 11.1 Å². The first kappa shape index (κ1) is 21.3. The van der Waals surface area contributed by atoms with Gasteiger partial charge in [0, 0.05) is 13.5 Å². The average Bonchev–Trinajstić information content (AvgIpc) is 2.74. The maximum atomic E-state index is 12.3. The van der Waals surface area contributed by atoms with Gasteiger partial charge in [0.25, 0.3) is 5.91 Å². The number of para-hydroxylation sites is 1. The highest BCUT2D eigenvalue weighted by molar-refractivity contribution is 5.80. The monoisotopic (exact) mass is 385 g/mol. The molecule has 0 saturated carbocycles. The van der Waals surface area contributed by atoms with Gasteiger partial charge in [0.15, 0.2) is 18.1 Å². The zero-order valence-electron chi connectivity index (χ0n) is 16.8. The Hall–Kier alpha value is -3.02. The van der Waals surface area contributed by atoms with E-state index in [2.05, 4.69) is 0 Å². The lowest BCUT2D eigenvalue weighted by Crippen LogP contribution is -2.33. The number of hydrogen-bond donors (Lipinski definition) is 0. The molecular formula is C22H27NO5. The first-order valence-corrected chi connectivity index (χ1v) is 9.14. The van der Waals surface area contributed by atoms with Crippen molar-refractivity contribution < 1.29 is 23.8 Å². The summed E-state index contributed by atoms with van der Waals surface area (Å²) in [7, 11) is 4.82. The fraction of sp³-hybridized carbons (Fsp3) is 0.364. The van der Waals surface area contributed by atoms with E-state index < -0.39 is 5.97 Å². The van der Waals surface area contributed by atoms with Gasteiger partial charge in [-0.2, -0.15) is 0 Å². The molecule has 0 N–H and O–H groups in total. The molecule has 0 aliphatic rings. The van der Waals surface area contributed by atoms with Gasteiger partial charge >= 0.3 is 5.97 Å². The summed E-state index contributed by atoms with van der Waals surface area (Å²) in [5, 5.41) is 0. The van der Waals surface area contributed by atoms with E-state index in [1.807, 2.05) is 49.4 Å². The van der Waals surface area contributed by atoms with Crippen LogP contribution in [0.15, 0.2) is 48.5 Å². The standard InChI is InChI=1S/C22H27NO5/c1-16(17-9-6-5-7-10-17)23(2)20(24)15-28-21(25)14-13-18-11-8-12-19(26-3)22(18)27-4/h5-12,16H,13-15H2,1-4H3. The van der Waals surface area contributed by atoms with Gasteiger partial charge in [0.05, 0.1) is 20.3 Å². The van der Waals surface area contributed by atoms with Crippen LogP contribution in [0.4, 0.5) is 0 Å². The second-order valence-corrected chi connectivity index (χ2v) is 6.40. The van der Waals surface area contributed by atoms with Crippen LogP contribution in [0.5, 0.6) is 11.5 Å². The number of carbonyl (C=O) groups is 2. The first-order chi connectivity index (χ1) is 13.5. The van der Waals surface area contributed by atoms with E-state index in [1.165, 1.54) is 0 Å². The number of benzene rings is 2. The second-order valence-electron chi connectivity index (χ2n) is 6.40. The van der Waals surface area contributed by atoms with E-state index in [1.54, 1.807) is 32.2 Å². The van der Waals surface area contributed by atoms with Crippen LogP contribution in [-0.4, -0.2) is 44.7 Å². The molecule has 2 aromatic rings. The van der Waals surface area contributed by atoms with Crippen LogP contribution in [0.3, 0.4) is 0 Å². The zero-order valence-corrected chi connectivity index (χ0v) is 16.8. The van der Waals surface area contributed by atoms with Gasteiger partial charge in [0.2, 0.25) is 0 Å². The molecule has 0 fully saturated rings. The van der Waals surface area contributed by atoms with Crippen LogP contribution < -0.4 is 9.47 Å². The normalized spacial score (nSPS) is 11.4. The minimum Gasteiger partial charge on any atom is -0.493 e. The Morgan fingerprint density at radius 2 is 1.71 bits per heavy atom. The molecule has 150 valence electrons. The summed E-state index contributed by atoms with van der Waals surface area (Å²) >= 11 is 0. The van der Waals surface area contributed by atoms with Crippen LogP contribution in [-0.2, 0) is 20.7 Å². The van der Waals surface area contributed by atoms with Crippen LogP contribution in [0, 0.1) is 0 Å². The fourth-order valence-electron chi connectivity index (χ4n) is 2.87. The summed E-state index contributed by atoms with van der Waals surface area (Å²) in [6, 6.07) is 15.1. The quantitative estimate of drug-likeness (QED) is 0.619. The summed E-state index contributed by atoms with van der Waals surface area (Å²) in [6.07, 6.45) is 0.582. The Kier molecular flexibility index (Phi) is 7.87. The molecule has 0 saturated heterocycles. The Bertz CT molecular complexity index is 791. The van der Waals surface area contributed by atoms with Crippen LogP contribution in [0.1, 0.15) is 30.5 Å². The first-order valence-electron chi connectivity index (χ1n) is 9.14. The summed E-state index contributed by atoms with van der Waals surface area (Å²) in [4.78, 5) is 26.0. The molecule has 0 heterocycles. The highest BCUT2D eigenvalue weighted by Crippen LogP contribution is 2.31. The number of amides is 1. The molecule has 28 heavy (non-hydrogen) atoms. The van der Waals surface area contributed by atoms with Gasteiger partial charge in [-0.1, -0.05) is 42.5 Å². The highest BCUT2D eigenvalue weighted by Gasteiger charge is 2.19. The summed E-state index contributed by atoms with van der Waals surface area (Å²) in [5.41, 5.74) is 1.87.